The van der Waals surface area contributed by atoms with Crippen LogP contribution in [0.15, 0.2) is 22.2 Å². The first-order valence-electron chi connectivity index (χ1n) is 12.1. The number of nitrogens with one attached hydrogen (secondary N) is 1. The maximum absolute atomic E-state index is 15.4. The normalized spacial score (nSPS) is 29.7. The van der Waals surface area contributed by atoms with Crippen molar-refractivity contribution in [1.29, 1.82) is 0 Å². The van der Waals surface area contributed by atoms with Gasteiger partial charge < -0.3 is 35.3 Å². The largest absolute Gasteiger partial charge is 0.472 e. The van der Waals surface area contributed by atoms with Crippen LogP contribution in [0.1, 0.15) is 18.9 Å². The molecule has 2 aliphatic heterocycles. The molecule has 0 aromatic carbocycles. The molecule has 4 unspecified atom stereocenters. The van der Waals surface area contributed by atoms with E-state index in [1.165, 1.54) is 25.1 Å². The second-order valence-corrected chi connectivity index (χ2v) is 10.5. The van der Waals surface area contributed by atoms with Crippen molar-refractivity contribution in [3.63, 3.8) is 0 Å². The lowest BCUT2D eigenvalue weighted by atomic mass is 10.1. The van der Waals surface area contributed by atoms with Gasteiger partial charge in [-0.05, 0) is 0 Å². The van der Waals surface area contributed by atoms with E-state index in [2.05, 4.69) is 24.9 Å². The zero-order chi connectivity index (χ0) is 29.5. The van der Waals surface area contributed by atoms with Crippen LogP contribution in [0.2, 0.25) is 0 Å². The predicted octanol–water partition coefficient (Wildman–Crippen LogP) is -1.38. The highest BCUT2D eigenvalue weighted by atomic mass is 31.2. The molecule has 3 aromatic rings. The maximum Gasteiger partial charge on any atom is 0.472 e. The second-order valence-electron chi connectivity index (χ2n) is 9.12. The molecular formula is C20H27FN9O10P. The van der Waals surface area contributed by atoms with Gasteiger partial charge in [-0.3, -0.25) is 28.0 Å². The number of phosphoric acid groups is 1. The van der Waals surface area contributed by atoms with Gasteiger partial charge in [-0.2, -0.15) is 9.97 Å². The third-order valence-electron chi connectivity index (χ3n) is 6.52. The molecule has 0 amide bonds. The molecule has 19 nitrogen and oxygen atoms in total. The summed E-state index contributed by atoms with van der Waals surface area (Å²) >= 11 is 0. The molecule has 2 saturated heterocycles. The molecule has 0 radical (unpaired) electrons. The van der Waals surface area contributed by atoms with Crippen LogP contribution in [0.5, 0.6) is 0 Å². The molecule has 0 bridgehead atoms. The second kappa shape index (κ2) is 11.5. The number of ether oxygens (including phenoxy) is 4. The fraction of sp³-hybridized carbons (Fsp3) is 0.600. The SMILES string of the molecule is COC[C@H]1O[C@@H](n2cnc(N)nc2=O)C(F)C1OP(=O)(O)OC[C@H]1O[C@@H](n2cnc3c(=O)[nH]c(N)nc32)CC1OC. The van der Waals surface area contributed by atoms with Crippen LogP contribution in [-0.4, -0.2) is 97.0 Å². The Bertz CT molecular complexity index is 1570. The maximum atomic E-state index is 15.4. The molecule has 21 heteroatoms. The van der Waals surface area contributed by atoms with Gasteiger partial charge in [0.05, 0.1) is 25.6 Å². The van der Waals surface area contributed by atoms with E-state index in [0.29, 0.717) is 0 Å². The summed E-state index contributed by atoms with van der Waals surface area (Å²) in [6, 6.07) is 0. The van der Waals surface area contributed by atoms with Crippen LogP contribution < -0.4 is 22.7 Å². The third-order valence-corrected chi connectivity index (χ3v) is 7.50. The van der Waals surface area contributed by atoms with Crippen molar-refractivity contribution in [2.75, 3.05) is 38.9 Å². The third kappa shape index (κ3) is 5.86. The van der Waals surface area contributed by atoms with Crippen molar-refractivity contribution in [3.05, 3.63) is 33.5 Å². The summed E-state index contributed by atoms with van der Waals surface area (Å²) in [7, 11) is -2.23. The number of rotatable bonds is 10. The summed E-state index contributed by atoms with van der Waals surface area (Å²) in [5, 5.41) is 0. The molecule has 2 aliphatic rings. The van der Waals surface area contributed by atoms with Crippen molar-refractivity contribution in [2.24, 2.45) is 0 Å². The molecule has 5 rings (SSSR count). The fourth-order valence-corrected chi connectivity index (χ4v) is 5.60. The number of halogens is 1. The minimum atomic E-state index is -4.94. The number of anilines is 2. The zero-order valence-electron chi connectivity index (χ0n) is 21.6. The molecule has 8 atom stereocenters. The highest BCUT2D eigenvalue weighted by Gasteiger charge is 2.51. The van der Waals surface area contributed by atoms with Gasteiger partial charge in [0.2, 0.25) is 11.9 Å². The lowest BCUT2D eigenvalue weighted by Crippen LogP contribution is -2.36. The molecule has 2 fully saturated rings. The molecule has 5 heterocycles. The fourth-order valence-electron chi connectivity index (χ4n) is 4.65. The highest BCUT2D eigenvalue weighted by Crippen LogP contribution is 2.49. The lowest BCUT2D eigenvalue weighted by molar-refractivity contribution is -0.0644. The monoisotopic (exact) mass is 603 g/mol. The van der Waals surface area contributed by atoms with E-state index in [4.69, 9.17) is 39.5 Å². The Balaban J connectivity index is 1.27. The number of alkyl halides is 1. The first kappa shape index (κ1) is 29.1. The molecular weight excluding hydrogens is 576 g/mol. The molecule has 41 heavy (non-hydrogen) atoms. The number of imidazole rings is 1. The standard InChI is InChI=1S/C20H27FN9O10P/c1-35-4-10-14(12(21)17(39-10)30-7-25-18(22)28-20(30)32)40-41(33,34)37-5-9-8(36-2)3-11(38-9)29-6-24-13-15(29)26-19(23)27-16(13)31/h6-12,14,17H,3-5H2,1-2H3,(H,33,34)(H2,22,28,32)(H3,23,26,27,31)/t8?,9-,10-,11-,12?,14?,17-/m1/s1. The van der Waals surface area contributed by atoms with E-state index >= 15 is 4.39 Å². The van der Waals surface area contributed by atoms with Gasteiger partial charge in [0.15, 0.2) is 23.6 Å². The van der Waals surface area contributed by atoms with Crippen molar-refractivity contribution >= 4 is 30.9 Å². The van der Waals surface area contributed by atoms with E-state index in [0.717, 1.165) is 10.9 Å². The Morgan fingerprint density at radius 1 is 1.15 bits per heavy atom. The molecule has 6 N–H and O–H groups in total. The van der Waals surface area contributed by atoms with Crippen LogP contribution >= 0.6 is 7.82 Å². The Kier molecular flexibility index (Phi) is 8.17. The number of nitrogen functional groups attached to an aromatic ring is 2. The van der Waals surface area contributed by atoms with Gasteiger partial charge in [-0.15, -0.1) is 0 Å². The van der Waals surface area contributed by atoms with Crippen LogP contribution in [0.4, 0.5) is 16.3 Å². The molecule has 0 aliphatic carbocycles. The van der Waals surface area contributed by atoms with Gasteiger partial charge >= 0.3 is 13.5 Å². The minimum Gasteiger partial charge on any atom is -0.382 e. The highest BCUT2D eigenvalue weighted by molar-refractivity contribution is 7.47. The summed E-state index contributed by atoms with van der Waals surface area (Å²) in [6.07, 6.45) is -6.33. The Labute approximate surface area is 229 Å². The molecule has 3 aromatic heterocycles. The lowest BCUT2D eigenvalue weighted by Gasteiger charge is -2.23. The Morgan fingerprint density at radius 2 is 1.90 bits per heavy atom. The van der Waals surface area contributed by atoms with Crippen molar-refractivity contribution in [1.82, 2.24) is 34.1 Å². The number of hydrogen-bond donors (Lipinski definition) is 4. The smallest absolute Gasteiger partial charge is 0.382 e. The van der Waals surface area contributed by atoms with Crippen molar-refractivity contribution in [2.45, 2.75) is 49.5 Å². The van der Waals surface area contributed by atoms with Gasteiger partial charge in [-0.25, -0.2) is 23.7 Å². The predicted molar refractivity (Wildman–Crippen MR) is 134 cm³/mol. The first-order valence-corrected chi connectivity index (χ1v) is 13.6. The van der Waals surface area contributed by atoms with Crippen LogP contribution in [-0.2, 0) is 32.6 Å². The van der Waals surface area contributed by atoms with E-state index < -0.39 is 68.7 Å². The van der Waals surface area contributed by atoms with Gasteiger partial charge in [0.25, 0.3) is 5.56 Å². The van der Waals surface area contributed by atoms with Crippen LogP contribution in [0, 0.1) is 0 Å². The molecule has 0 spiro atoms. The topological polar surface area (TPSA) is 256 Å². The zero-order valence-corrected chi connectivity index (χ0v) is 22.5. The number of phosphoric ester groups is 1. The van der Waals surface area contributed by atoms with E-state index in [1.54, 1.807) is 0 Å². The molecule has 0 saturated carbocycles. The number of H-pyrrole nitrogens is 1. The number of nitrogens with two attached hydrogens (primary N) is 2. The summed E-state index contributed by atoms with van der Waals surface area (Å²) in [5.74, 6) is -0.441. The average molecular weight is 603 g/mol. The van der Waals surface area contributed by atoms with E-state index in [-0.39, 0.29) is 36.1 Å². The number of nitrogens with zero attached hydrogens (tertiary/aromatic N) is 6. The quantitative estimate of drug-likeness (QED) is 0.195. The van der Waals surface area contributed by atoms with Gasteiger partial charge in [0, 0.05) is 20.6 Å². The summed E-state index contributed by atoms with van der Waals surface area (Å²) in [4.78, 5) is 52.3. The number of fused-ring (bicyclic) bond motifs is 1. The van der Waals surface area contributed by atoms with Crippen LogP contribution in [0.25, 0.3) is 11.2 Å². The summed E-state index contributed by atoms with van der Waals surface area (Å²) in [5.41, 5.74) is 9.76. The van der Waals surface area contributed by atoms with Gasteiger partial charge in [-0.1, -0.05) is 0 Å². The number of hydrogen-bond acceptors (Lipinski definition) is 15. The number of aromatic nitrogens is 7. The van der Waals surface area contributed by atoms with E-state index in [9.17, 15) is 19.0 Å². The summed E-state index contributed by atoms with van der Waals surface area (Å²) < 4.78 is 62.8. The van der Waals surface area contributed by atoms with Crippen molar-refractivity contribution < 1.29 is 41.8 Å². The minimum absolute atomic E-state index is 0.0426. The average Bonchev–Trinajstić information content (AvgIpc) is 3.60. The first-order chi connectivity index (χ1) is 19.5. The van der Waals surface area contributed by atoms with E-state index in [1.807, 2.05) is 0 Å². The summed E-state index contributed by atoms with van der Waals surface area (Å²) in [6.45, 7) is -0.745. The van der Waals surface area contributed by atoms with Gasteiger partial charge in [0.1, 0.15) is 30.9 Å². The number of methoxy groups -OCH3 is 2. The van der Waals surface area contributed by atoms with Crippen LogP contribution in [0.3, 0.4) is 0 Å². The van der Waals surface area contributed by atoms with Crippen molar-refractivity contribution in [3.8, 4) is 0 Å². The molecule has 224 valence electrons. The Hall–Kier alpha value is -3.36. The Morgan fingerprint density at radius 3 is 2.61 bits per heavy atom. The number of aromatic amines is 1.